The van der Waals surface area contributed by atoms with Crippen molar-refractivity contribution in [2.24, 2.45) is 0 Å². The molecular weight excluding hydrogens is 428 g/mol. The van der Waals surface area contributed by atoms with E-state index in [0.29, 0.717) is 16.2 Å². The standard InChI is InChI=1S/C9H22OSi.C6H15ClSi.C4H8O.C3H8O.2CH4/c1-8(2)10-11(6,7)9(3,4)5;1-6(2,3)8(4,5)7;1-2-4-5-3-1;1-3(2)4;;/h8H,1-7H3;1-5H3;1-4H2;3-4H,1-2H3;2*1H4. The zero-order valence-electron chi connectivity index (χ0n) is 21.6. The molecule has 190 valence electrons. The summed E-state index contributed by atoms with van der Waals surface area (Å²) < 4.78 is 10.9. The van der Waals surface area contributed by atoms with E-state index >= 15 is 0 Å². The van der Waals surface area contributed by atoms with Gasteiger partial charge >= 0.3 is 0 Å². The SMILES string of the molecule is C.C.C1CCOC1.CC(C)(C)[Si](C)(C)Cl.CC(C)O.CC(C)O[Si](C)(C)C(C)(C)C. The quantitative estimate of drug-likeness (QED) is 0.311. The Hall–Kier alpha value is 0.604. The van der Waals surface area contributed by atoms with E-state index in [1.54, 1.807) is 13.8 Å². The second-order valence-corrected chi connectivity index (χ2v) is 23.1. The first kappa shape index (κ1) is 40.9. The van der Waals surface area contributed by atoms with Crippen molar-refractivity contribution in [2.45, 2.75) is 145 Å². The molecule has 0 radical (unpaired) electrons. The van der Waals surface area contributed by atoms with Gasteiger partial charge in [0.25, 0.3) is 0 Å². The summed E-state index contributed by atoms with van der Waals surface area (Å²) in [5, 5.41) is 8.74. The highest BCUT2D eigenvalue weighted by Crippen LogP contribution is 2.38. The lowest BCUT2D eigenvalue weighted by Gasteiger charge is -2.37. The van der Waals surface area contributed by atoms with Crippen LogP contribution in [0.2, 0.25) is 36.3 Å². The number of rotatable bonds is 2. The Kier molecular flexibility index (Phi) is 24.7. The zero-order chi connectivity index (χ0) is 23.4. The summed E-state index contributed by atoms with van der Waals surface area (Å²) in [6.07, 6.45) is 2.76. The number of aliphatic hydroxyl groups is 1. The highest BCUT2D eigenvalue weighted by atomic mass is 35.6. The number of hydrogen-bond acceptors (Lipinski definition) is 3. The summed E-state index contributed by atoms with van der Waals surface area (Å²) in [4.78, 5) is 0. The van der Waals surface area contributed by atoms with E-state index in [4.69, 9.17) is 25.3 Å². The van der Waals surface area contributed by atoms with Crippen LogP contribution in [0.25, 0.3) is 0 Å². The molecule has 1 heterocycles. The molecule has 1 aliphatic heterocycles. The highest BCUT2D eigenvalue weighted by molar-refractivity contribution is 7.20. The van der Waals surface area contributed by atoms with Crippen molar-refractivity contribution in [3.8, 4) is 0 Å². The number of ether oxygens (including phenoxy) is 1. The first-order valence-corrected chi connectivity index (χ1v) is 17.7. The Bertz CT molecular complexity index is 340. The van der Waals surface area contributed by atoms with Crippen LogP contribution in [0.4, 0.5) is 0 Å². The van der Waals surface area contributed by atoms with Gasteiger partial charge in [0.15, 0.2) is 15.7 Å². The van der Waals surface area contributed by atoms with Crippen LogP contribution in [-0.4, -0.2) is 46.2 Å². The van der Waals surface area contributed by atoms with E-state index in [2.05, 4.69) is 81.6 Å². The van der Waals surface area contributed by atoms with Gasteiger partial charge in [-0.25, -0.2) is 0 Å². The van der Waals surface area contributed by atoms with E-state index < -0.39 is 15.7 Å². The van der Waals surface area contributed by atoms with Gasteiger partial charge in [-0.15, -0.1) is 0 Å². The lowest BCUT2D eigenvalue weighted by Crippen LogP contribution is -2.42. The van der Waals surface area contributed by atoms with Crippen LogP contribution in [0, 0.1) is 0 Å². The molecule has 0 saturated carbocycles. The Morgan fingerprint density at radius 2 is 1.07 bits per heavy atom. The summed E-state index contributed by atoms with van der Waals surface area (Å²) in [6.45, 7) is 32.0. The highest BCUT2D eigenvalue weighted by Gasteiger charge is 2.37. The Morgan fingerprint density at radius 1 is 0.800 bits per heavy atom. The molecule has 0 spiro atoms. The fourth-order valence-electron chi connectivity index (χ4n) is 1.28. The van der Waals surface area contributed by atoms with Gasteiger partial charge in [0.05, 0.1) is 0 Å². The Labute approximate surface area is 199 Å². The molecule has 1 saturated heterocycles. The van der Waals surface area contributed by atoms with Crippen molar-refractivity contribution in [3.05, 3.63) is 0 Å². The van der Waals surface area contributed by atoms with Crippen molar-refractivity contribution in [3.63, 3.8) is 0 Å². The van der Waals surface area contributed by atoms with Gasteiger partial charge in [0, 0.05) is 25.4 Å². The molecule has 0 unspecified atom stereocenters. The minimum atomic E-state index is -1.47. The molecular formula is C24H61ClO3Si2. The average molecular weight is 489 g/mol. The molecule has 1 aliphatic rings. The van der Waals surface area contributed by atoms with Crippen LogP contribution < -0.4 is 0 Å². The third-order valence-electron chi connectivity index (χ3n) is 4.95. The van der Waals surface area contributed by atoms with Gasteiger partial charge in [-0.3, -0.25) is 0 Å². The smallest absolute Gasteiger partial charge is 0.192 e. The molecule has 1 fully saturated rings. The van der Waals surface area contributed by atoms with Gasteiger partial charge in [-0.05, 0) is 63.7 Å². The van der Waals surface area contributed by atoms with Crippen LogP contribution in [0.15, 0.2) is 0 Å². The third kappa shape index (κ3) is 26.6. The van der Waals surface area contributed by atoms with Crippen molar-refractivity contribution >= 4 is 26.8 Å². The first-order valence-electron chi connectivity index (χ1n) is 10.8. The maximum absolute atomic E-state index is 8.06. The van der Waals surface area contributed by atoms with Gasteiger partial charge in [-0.2, -0.15) is 11.1 Å². The molecule has 1 rings (SSSR count). The van der Waals surface area contributed by atoms with E-state index in [9.17, 15) is 0 Å². The summed E-state index contributed by atoms with van der Waals surface area (Å²) in [5.41, 5.74) is 0. The largest absolute Gasteiger partial charge is 0.415 e. The molecule has 0 aromatic carbocycles. The summed E-state index contributed by atoms with van der Waals surface area (Å²) >= 11 is 6.15. The Morgan fingerprint density at radius 3 is 1.13 bits per heavy atom. The summed E-state index contributed by atoms with van der Waals surface area (Å²) in [6, 6.07) is 0. The van der Waals surface area contributed by atoms with Gasteiger partial charge in [0.2, 0.25) is 0 Å². The maximum atomic E-state index is 8.06. The zero-order valence-corrected chi connectivity index (χ0v) is 24.4. The molecule has 0 aliphatic carbocycles. The molecule has 6 heteroatoms. The van der Waals surface area contributed by atoms with Crippen molar-refractivity contribution in [1.29, 1.82) is 0 Å². The second-order valence-electron chi connectivity index (χ2n) is 11.1. The summed E-state index contributed by atoms with van der Waals surface area (Å²) in [7, 11) is -2.85. The second kappa shape index (κ2) is 18.1. The van der Waals surface area contributed by atoms with E-state index in [-0.39, 0.29) is 21.0 Å². The fraction of sp³-hybridized carbons (Fsp3) is 1.00. The monoisotopic (exact) mass is 488 g/mol. The first-order chi connectivity index (χ1) is 12.1. The van der Waals surface area contributed by atoms with Crippen LogP contribution in [0.5, 0.6) is 0 Å². The van der Waals surface area contributed by atoms with Gasteiger partial charge in [0.1, 0.15) is 0 Å². The predicted molar refractivity (Wildman–Crippen MR) is 147 cm³/mol. The van der Waals surface area contributed by atoms with Crippen molar-refractivity contribution in [1.82, 2.24) is 0 Å². The van der Waals surface area contributed by atoms with E-state index in [0.717, 1.165) is 13.2 Å². The molecule has 3 nitrogen and oxygen atoms in total. The number of hydrogen-bond donors (Lipinski definition) is 1. The van der Waals surface area contributed by atoms with Crippen molar-refractivity contribution < 1.29 is 14.3 Å². The number of aliphatic hydroxyl groups excluding tert-OH is 1. The van der Waals surface area contributed by atoms with Crippen LogP contribution in [0.1, 0.15) is 96.9 Å². The van der Waals surface area contributed by atoms with Crippen molar-refractivity contribution in [2.75, 3.05) is 13.2 Å². The molecule has 0 aromatic rings. The minimum Gasteiger partial charge on any atom is -0.415 e. The van der Waals surface area contributed by atoms with E-state index in [1.165, 1.54) is 12.8 Å². The molecule has 0 atom stereocenters. The van der Waals surface area contributed by atoms with Crippen LogP contribution in [0.3, 0.4) is 0 Å². The number of halogens is 1. The topological polar surface area (TPSA) is 38.7 Å². The normalized spacial score (nSPS) is 14.2. The molecule has 30 heavy (non-hydrogen) atoms. The Balaban J connectivity index is -0.0000000967. The fourth-order valence-corrected chi connectivity index (χ4v) is 2.81. The van der Waals surface area contributed by atoms with Gasteiger partial charge in [-0.1, -0.05) is 69.5 Å². The third-order valence-corrected chi connectivity index (χ3v) is 14.9. The lowest BCUT2D eigenvalue weighted by atomic mass is 10.2. The maximum Gasteiger partial charge on any atom is 0.192 e. The summed E-state index contributed by atoms with van der Waals surface area (Å²) in [5.74, 6) is 0. The molecule has 1 N–H and O–H groups in total. The van der Waals surface area contributed by atoms with Gasteiger partial charge < -0.3 is 14.3 Å². The van der Waals surface area contributed by atoms with Crippen LogP contribution >= 0.6 is 11.1 Å². The van der Waals surface area contributed by atoms with Crippen LogP contribution in [-0.2, 0) is 9.16 Å². The predicted octanol–water partition coefficient (Wildman–Crippen LogP) is 9.10. The molecule has 0 aromatic heterocycles. The van der Waals surface area contributed by atoms with E-state index in [1.807, 2.05) is 0 Å². The minimum absolute atomic E-state index is 0. The average Bonchev–Trinajstić information content (AvgIpc) is 2.91. The molecule has 0 amide bonds. The lowest BCUT2D eigenvalue weighted by molar-refractivity contribution is 0.198. The molecule has 0 bridgehead atoms.